The molecule has 0 aromatic carbocycles. The highest BCUT2D eigenvalue weighted by Crippen LogP contribution is 2.12. The van der Waals surface area contributed by atoms with Crippen molar-refractivity contribution in [2.75, 3.05) is 0 Å². The molecule has 0 amide bonds. The van der Waals surface area contributed by atoms with Gasteiger partial charge in [0.25, 0.3) is 0 Å². The molecular weight excluding hydrogens is 140 g/mol. The van der Waals surface area contributed by atoms with Crippen molar-refractivity contribution >= 4 is 8.32 Å². The van der Waals surface area contributed by atoms with Crippen molar-refractivity contribution < 1.29 is 4.43 Å². The van der Waals surface area contributed by atoms with E-state index in [1.807, 2.05) is 0 Å². The van der Waals surface area contributed by atoms with Crippen molar-refractivity contribution in [3.05, 3.63) is 0 Å². The van der Waals surface area contributed by atoms with E-state index in [0.717, 1.165) is 0 Å². The van der Waals surface area contributed by atoms with Gasteiger partial charge < -0.3 is 4.43 Å². The molecule has 62 valence electrons. The third-order valence-corrected chi connectivity index (χ3v) is 2.56. The molecule has 2 heteroatoms. The Morgan fingerprint density at radius 3 is 1.50 bits per heavy atom. The van der Waals surface area contributed by atoms with Crippen LogP contribution >= 0.6 is 0 Å². The summed E-state index contributed by atoms with van der Waals surface area (Å²) in [6, 6.07) is 0. The van der Waals surface area contributed by atoms with Crippen molar-refractivity contribution in [2.24, 2.45) is 5.92 Å². The molecule has 0 aliphatic heterocycles. The van der Waals surface area contributed by atoms with Crippen LogP contribution in [-0.2, 0) is 4.43 Å². The Bertz CT molecular complexity index is 93.9. The maximum atomic E-state index is 5.84. The van der Waals surface area contributed by atoms with Crippen molar-refractivity contribution in [3.63, 3.8) is 0 Å². The Kier molecular flexibility index (Phi) is 3.60. The van der Waals surface area contributed by atoms with Crippen molar-refractivity contribution in [2.45, 2.75) is 46.5 Å². The van der Waals surface area contributed by atoms with Crippen LogP contribution in [0.15, 0.2) is 0 Å². The largest absolute Gasteiger partial charge is 0.415 e. The smallest absolute Gasteiger partial charge is 0.184 e. The van der Waals surface area contributed by atoms with Gasteiger partial charge in [0, 0.05) is 6.10 Å². The van der Waals surface area contributed by atoms with Crippen molar-refractivity contribution in [1.29, 1.82) is 0 Å². The highest BCUT2D eigenvalue weighted by atomic mass is 28.4. The normalized spacial score (nSPS) is 15.9. The second-order valence-corrected chi connectivity index (χ2v) is 8.64. The summed E-state index contributed by atoms with van der Waals surface area (Å²) in [4.78, 5) is 0. The summed E-state index contributed by atoms with van der Waals surface area (Å²) < 4.78 is 5.84. The van der Waals surface area contributed by atoms with E-state index < -0.39 is 8.32 Å². The standard InChI is InChI=1S/C8H20OSi/c1-7(2)8(3)9-10(4,5)6/h7-8H,1-6H3. The van der Waals surface area contributed by atoms with Crippen LogP contribution in [0.5, 0.6) is 0 Å². The first kappa shape index (κ1) is 10.2. The molecule has 0 saturated carbocycles. The molecule has 0 aliphatic carbocycles. The van der Waals surface area contributed by atoms with E-state index in [1.165, 1.54) is 0 Å². The van der Waals surface area contributed by atoms with Gasteiger partial charge >= 0.3 is 0 Å². The third kappa shape index (κ3) is 5.00. The van der Waals surface area contributed by atoms with Crippen LogP contribution in [0.3, 0.4) is 0 Å². The van der Waals surface area contributed by atoms with Crippen LogP contribution in [-0.4, -0.2) is 14.4 Å². The third-order valence-electron chi connectivity index (χ3n) is 1.48. The van der Waals surface area contributed by atoms with Gasteiger partial charge in [-0.2, -0.15) is 0 Å². The molecule has 0 saturated heterocycles. The molecule has 0 bridgehead atoms. The summed E-state index contributed by atoms with van der Waals surface area (Å²) in [5.41, 5.74) is 0. The molecule has 0 aromatic heterocycles. The van der Waals surface area contributed by atoms with E-state index in [0.29, 0.717) is 12.0 Å². The Balaban J connectivity index is 3.68. The summed E-state index contributed by atoms with van der Waals surface area (Å²) in [6.45, 7) is 13.2. The molecule has 1 unspecified atom stereocenters. The van der Waals surface area contributed by atoms with E-state index in [1.54, 1.807) is 0 Å². The number of rotatable bonds is 3. The van der Waals surface area contributed by atoms with Crippen LogP contribution in [0, 0.1) is 5.92 Å². The lowest BCUT2D eigenvalue weighted by atomic mass is 10.1. The highest BCUT2D eigenvalue weighted by molar-refractivity contribution is 6.69. The zero-order valence-electron chi connectivity index (χ0n) is 8.06. The predicted molar refractivity (Wildman–Crippen MR) is 48.7 cm³/mol. The second-order valence-electron chi connectivity index (χ2n) is 4.18. The van der Waals surface area contributed by atoms with Gasteiger partial charge in [-0.3, -0.25) is 0 Å². The summed E-state index contributed by atoms with van der Waals surface area (Å²) in [7, 11) is -1.28. The average molecular weight is 160 g/mol. The Labute approximate surface area is 65.9 Å². The second kappa shape index (κ2) is 3.53. The summed E-state index contributed by atoms with van der Waals surface area (Å²) in [5.74, 6) is 0.645. The fourth-order valence-corrected chi connectivity index (χ4v) is 2.08. The minimum atomic E-state index is -1.28. The molecule has 0 aromatic rings. The van der Waals surface area contributed by atoms with Gasteiger partial charge in [-0.15, -0.1) is 0 Å². The fourth-order valence-electron chi connectivity index (χ4n) is 0.694. The minimum Gasteiger partial charge on any atom is -0.415 e. The van der Waals surface area contributed by atoms with Crippen molar-refractivity contribution in [3.8, 4) is 0 Å². The molecule has 0 rings (SSSR count). The van der Waals surface area contributed by atoms with Gasteiger partial charge in [0.2, 0.25) is 0 Å². The maximum absolute atomic E-state index is 5.84. The fraction of sp³-hybridized carbons (Fsp3) is 1.00. The number of hydrogen-bond acceptors (Lipinski definition) is 1. The van der Waals surface area contributed by atoms with E-state index in [2.05, 4.69) is 40.4 Å². The van der Waals surface area contributed by atoms with Gasteiger partial charge in [-0.1, -0.05) is 13.8 Å². The summed E-state index contributed by atoms with van der Waals surface area (Å²) in [6.07, 6.45) is 0.423. The van der Waals surface area contributed by atoms with Crippen LogP contribution in [0.4, 0.5) is 0 Å². The molecule has 0 spiro atoms. The Morgan fingerprint density at radius 2 is 1.40 bits per heavy atom. The van der Waals surface area contributed by atoms with Crippen molar-refractivity contribution in [1.82, 2.24) is 0 Å². The summed E-state index contributed by atoms with van der Waals surface area (Å²) in [5, 5.41) is 0. The molecule has 0 fully saturated rings. The zero-order valence-corrected chi connectivity index (χ0v) is 9.06. The SMILES string of the molecule is CC(C)C(C)O[Si](C)(C)C. The predicted octanol–water partition coefficient (Wildman–Crippen LogP) is 2.88. The van der Waals surface area contributed by atoms with Gasteiger partial charge in [0.1, 0.15) is 0 Å². The first-order valence-corrected chi connectivity index (χ1v) is 7.41. The van der Waals surface area contributed by atoms with Crippen LogP contribution in [0.1, 0.15) is 20.8 Å². The van der Waals surface area contributed by atoms with Crippen LogP contribution in [0.25, 0.3) is 0 Å². The Morgan fingerprint density at radius 1 is 1.00 bits per heavy atom. The average Bonchev–Trinajstić information content (AvgIpc) is 1.60. The van der Waals surface area contributed by atoms with Crippen LogP contribution < -0.4 is 0 Å². The molecule has 1 atom stereocenters. The quantitative estimate of drug-likeness (QED) is 0.577. The maximum Gasteiger partial charge on any atom is 0.184 e. The molecular formula is C8H20OSi. The van der Waals surface area contributed by atoms with Gasteiger partial charge in [-0.05, 0) is 32.5 Å². The molecule has 0 N–H and O–H groups in total. The van der Waals surface area contributed by atoms with E-state index in [4.69, 9.17) is 4.43 Å². The first-order valence-electron chi connectivity index (χ1n) is 4.01. The topological polar surface area (TPSA) is 9.23 Å². The van der Waals surface area contributed by atoms with Crippen LogP contribution in [0.2, 0.25) is 19.6 Å². The summed E-state index contributed by atoms with van der Waals surface area (Å²) >= 11 is 0. The van der Waals surface area contributed by atoms with E-state index in [-0.39, 0.29) is 0 Å². The lowest BCUT2D eigenvalue weighted by Crippen LogP contribution is -2.32. The molecule has 0 aliphatic rings. The molecule has 10 heavy (non-hydrogen) atoms. The molecule has 1 nitrogen and oxygen atoms in total. The van der Waals surface area contributed by atoms with Gasteiger partial charge in [0.05, 0.1) is 0 Å². The highest BCUT2D eigenvalue weighted by Gasteiger charge is 2.19. The van der Waals surface area contributed by atoms with E-state index >= 15 is 0 Å². The minimum absolute atomic E-state index is 0.423. The Hall–Kier alpha value is 0.177. The monoisotopic (exact) mass is 160 g/mol. The molecule has 0 heterocycles. The number of hydrogen-bond donors (Lipinski definition) is 0. The van der Waals surface area contributed by atoms with E-state index in [9.17, 15) is 0 Å². The zero-order chi connectivity index (χ0) is 8.36. The lowest BCUT2D eigenvalue weighted by molar-refractivity contribution is 0.163. The molecule has 0 radical (unpaired) electrons. The lowest BCUT2D eigenvalue weighted by Gasteiger charge is -2.25. The van der Waals surface area contributed by atoms with Gasteiger partial charge in [0.15, 0.2) is 8.32 Å². The van der Waals surface area contributed by atoms with Gasteiger partial charge in [-0.25, -0.2) is 0 Å². The first-order chi connectivity index (χ1) is 4.33.